The molecule has 2 N–H and O–H groups in total. The molecule has 2 heterocycles. The van der Waals surface area contributed by atoms with Crippen LogP contribution in [-0.2, 0) is 4.79 Å². The minimum absolute atomic E-state index is 0.0990. The number of fused-ring (bicyclic) bond motifs is 3. The van der Waals surface area contributed by atoms with Crippen LogP contribution in [0, 0.1) is 0 Å². The van der Waals surface area contributed by atoms with E-state index in [0.29, 0.717) is 28.3 Å². The number of nitrogens with one attached hydrogen (secondary N) is 2. The number of hydrogen-bond acceptors (Lipinski definition) is 6. The Hall–Kier alpha value is -4.56. The molecule has 2 amide bonds. The van der Waals surface area contributed by atoms with Crippen LogP contribution < -0.4 is 20.1 Å². The summed E-state index contributed by atoms with van der Waals surface area (Å²) in [4.78, 5) is 27.1. The molecule has 0 aliphatic rings. The number of thiophene rings is 1. The molecule has 36 heavy (non-hydrogen) atoms. The van der Waals surface area contributed by atoms with Crippen molar-refractivity contribution in [1.82, 2.24) is 5.32 Å². The lowest BCUT2D eigenvalue weighted by atomic mass is 10.1. The van der Waals surface area contributed by atoms with Crippen LogP contribution in [0.15, 0.2) is 88.3 Å². The topological polar surface area (TPSA) is 89.8 Å². The Labute approximate surface area is 210 Å². The highest BCUT2D eigenvalue weighted by molar-refractivity contribution is 7.10. The highest BCUT2D eigenvalue weighted by atomic mass is 32.1. The number of carbonyl (C=O) groups is 2. The molecule has 0 bridgehead atoms. The smallest absolute Gasteiger partial charge is 0.272 e. The fraction of sp³-hybridized carbons (Fsp3) is 0.0714. The van der Waals surface area contributed by atoms with E-state index in [2.05, 4.69) is 10.6 Å². The van der Waals surface area contributed by atoms with Crippen molar-refractivity contribution in [2.75, 3.05) is 19.5 Å². The quantitative estimate of drug-likeness (QED) is 0.266. The minimum Gasteiger partial charge on any atom is -0.493 e. The first kappa shape index (κ1) is 23.2. The van der Waals surface area contributed by atoms with Gasteiger partial charge in [-0.2, -0.15) is 0 Å². The summed E-state index contributed by atoms with van der Waals surface area (Å²) in [5, 5.41) is 9.46. The number of amides is 2. The Bertz CT molecular complexity index is 1600. The van der Waals surface area contributed by atoms with Crippen molar-refractivity contribution in [1.29, 1.82) is 0 Å². The lowest BCUT2D eigenvalue weighted by Gasteiger charge is -2.12. The third-order valence-electron chi connectivity index (χ3n) is 5.60. The van der Waals surface area contributed by atoms with Gasteiger partial charge in [0.1, 0.15) is 16.9 Å². The lowest BCUT2D eigenvalue weighted by Crippen LogP contribution is -2.30. The van der Waals surface area contributed by atoms with E-state index >= 15 is 0 Å². The molecule has 0 saturated carbocycles. The number of methoxy groups -OCH3 is 2. The number of ether oxygens (including phenoxy) is 2. The van der Waals surface area contributed by atoms with Crippen LogP contribution in [-0.4, -0.2) is 26.0 Å². The average Bonchev–Trinajstić information content (AvgIpc) is 3.55. The third-order valence-corrected chi connectivity index (χ3v) is 6.42. The first-order valence-corrected chi connectivity index (χ1v) is 11.9. The molecule has 2 aromatic heterocycles. The summed E-state index contributed by atoms with van der Waals surface area (Å²) >= 11 is 1.45. The number of benzene rings is 3. The lowest BCUT2D eigenvalue weighted by molar-refractivity contribution is -0.113. The Morgan fingerprint density at radius 3 is 2.44 bits per heavy atom. The van der Waals surface area contributed by atoms with E-state index < -0.39 is 11.8 Å². The van der Waals surface area contributed by atoms with Crippen molar-refractivity contribution < 1.29 is 23.5 Å². The molecule has 0 aliphatic heterocycles. The van der Waals surface area contributed by atoms with Crippen molar-refractivity contribution in [3.05, 3.63) is 94.3 Å². The molecule has 180 valence electrons. The van der Waals surface area contributed by atoms with Crippen LogP contribution in [0.3, 0.4) is 0 Å². The Kier molecular flexibility index (Phi) is 6.42. The fourth-order valence-electron chi connectivity index (χ4n) is 3.85. The van der Waals surface area contributed by atoms with Crippen molar-refractivity contribution >= 4 is 56.9 Å². The van der Waals surface area contributed by atoms with E-state index in [-0.39, 0.29) is 5.70 Å². The second-order valence-corrected chi connectivity index (χ2v) is 8.84. The van der Waals surface area contributed by atoms with Gasteiger partial charge in [0.25, 0.3) is 11.8 Å². The molecule has 7 nitrogen and oxygen atoms in total. The zero-order valence-electron chi connectivity index (χ0n) is 19.5. The summed E-state index contributed by atoms with van der Waals surface area (Å²) in [7, 11) is 3.01. The van der Waals surface area contributed by atoms with Gasteiger partial charge in [-0.05, 0) is 53.9 Å². The van der Waals surface area contributed by atoms with Crippen LogP contribution in [0.1, 0.15) is 15.2 Å². The van der Waals surface area contributed by atoms with Crippen molar-refractivity contribution in [2.45, 2.75) is 0 Å². The molecular formula is C28H22N2O5S. The van der Waals surface area contributed by atoms with Crippen LogP contribution in [0.2, 0.25) is 0 Å². The van der Waals surface area contributed by atoms with E-state index in [1.807, 2.05) is 47.8 Å². The number of rotatable bonds is 7. The van der Waals surface area contributed by atoms with Gasteiger partial charge in [0.2, 0.25) is 0 Å². The monoisotopic (exact) mass is 498 g/mol. The van der Waals surface area contributed by atoms with Gasteiger partial charge in [-0.1, -0.05) is 24.3 Å². The molecule has 5 rings (SSSR count). The predicted octanol–water partition coefficient (Wildman–Crippen LogP) is 6.07. The summed E-state index contributed by atoms with van der Waals surface area (Å²) in [6, 6.07) is 21.8. The number of furan rings is 1. The van der Waals surface area contributed by atoms with Crippen molar-refractivity contribution in [3.63, 3.8) is 0 Å². The largest absolute Gasteiger partial charge is 0.493 e. The highest BCUT2D eigenvalue weighted by Gasteiger charge is 2.18. The van der Waals surface area contributed by atoms with Gasteiger partial charge in [0.05, 0.1) is 14.2 Å². The second kappa shape index (κ2) is 9.97. The van der Waals surface area contributed by atoms with Gasteiger partial charge in [-0.3, -0.25) is 9.59 Å². The molecule has 0 atom stereocenters. The fourth-order valence-corrected chi connectivity index (χ4v) is 4.51. The van der Waals surface area contributed by atoms with E-state index in [4.69, 9.17) is 13.9 Å². The molecule has 0 aliphatic carbocycles. The van der Waals surface area contributed by atoms with Crippen LogP contribution in [0.5, 0.6) is 11.5 Å². The van der Waals surface area contributed by atoms with E-state index in [0.717, 1.165) is 21.2 Å². The maximum absolute atomic E-state index is 13.3. The minimum atomic E-state index is -0.465. The number of carbonyl (C=O) groups excluding carboxylic acids is 2. The maximum Gasteiger partial charge on any atom is 0.272 e. The van der Waals surface area contributed by atoms with E-state index in [9.17, 15) is 9.59 Å². The zero-order valence-corrected chi connectivity index (χ0v) is 20.3. The standard InChI is InChI=1S/C28H22N2O5S/c1-33-24-12-9-17(14-26(24)34-2)27(31)30-22(16-19-6-5-13-36-19)28(32)29-18-10-11-21-20-7-3-4-8-23(20)35-25(21)15-18/h3-16H,1-2H3,(H,29,32)(H,30,31)/b22-16-. The SMILES string of the molecule is COc1ccc(C(=O)N/C(=C\c2cccs2)C(=O)Nc2ccc3c(c2)oc2ccccc23)cc1OC. The number of anilines is 1. The van der Waals surface area contributed by atoms with Crippen molar-refractivity contribution in [3.8, 4) is 11.5 Å². The molecule has 5 aromatic rings. The Morgan fingerprint density at radius 1 is 0.861 bits per heavy atom. The van der Waals surface area contributed by atoms with E-state index in [1.54, 1.807) is 36.4 Å². The first-order chi connectivity index (χ1) is 17.6. The molecule has 0 unspecified atom stereocenters. The first-order valence-electron chi connectivity index (χ1n) is 11.1. The normalized spacial score (nSPS) is 11.4. The molecule has 0 fully saturated rings. The molecule has 3 aromatic carbocycles. The average molecular weight is 499 g/mol. The van der Waals surface area contributed by atoms with Crippen LogP contribution >= 0.6 is 11.3 Å². The van der Waals surface area contributed by atoms with Crippen LogP contribution in [0.25, 0.3) is 28.0 Å². The highest BCUT2D eigenvalue weighted by Crippen LogP contribution is 2.31. The summed E-state index contributed by atoms with van der Waals surface area (Å²) in [5.41, 5.74) is 2.40. The van der Waals surface area contributed by atoms with Gasteiger partial charge < -0.3 is 24.5 Å². The van der Waals surface area contributed by atoms with Gasteiger partial charge in [0.15, 0.2) is 11.5 Å². The Balaban J connectivity index is 1.42. The van der Waals surface area contributed by atoms with Crippen molar-refractivity contribution in [2.24, 2.45) is 0 Å². The maximum atomic E-state index is 13.3. The molecule has 0 spiro atoms. The van der Waals surface area contributed by atoms with Gasteiger partial charge in [-0.25, -0.2) is 0 Å². The molecule has 0 radical (unpaired) electrons. The Morgan fingerprint density at radius 2 is 1.67 bits per heavy atom. The van der Waals surface area contributed by atoms with Gasteiger partial charge in [-0.15, -0.1) is 11.3 Å². The van der Waals surface area contributed by atoms with Gasteiger partial charge in [0, 0.05) is 33.0 Å². The summed E-state index contributed by atoms with van der Waals surface area (Å²) in [5.74, 6) is -0.00557. The zero-order chi connectivity index (χ0) is 25.1. The predicted molar refractivity (Wildman–Crippen MR) is 142 cm³/mol. The molecule has 0 saturated heterocycles. The summed E-state index contributed by atoms with van der Waals surface area (Å²) in [6.07, 6.45) is 1.64. The third kappa shape index (κ3) is 4.67. The number of para-hydroxylation sites is 1. The second-order valence-electron chi connectivity index (χ2n) is 7.86. The molecule has 8 heteroatoms. The molecular weight excluding hydrogens is 476 g/mol. The van der Waals surface area contributed by atoms with E-state index in [1.165, 1.54) is 25.6 Å². The summed E-state index contributed by atoms with van der Waals surface area (Å²) < 4.78 is 16.5. The summed E-state index contributed by atoms with van der Waals surface area (Å²) in [6.45, 7) is 0. The number of hydrogen-bond donors (Lipinski definition) is 2. The van der Waals surface area contributed by atoms with Gasteiger partial charge >= 0.3 is 0 Å². The van der Waals surface area contributed by atoms with Crippen LogP contribution in [0.4, 0.5) is 5.69 Å².